The maximum absolute atomic E-state index is 11.3. The lowest BCUT2D eigenvalue weighted by atomic mass is 9.98. The quantitative estimate of drug-likeness (QED) is 0.459. The van der Waals surface area contributed by atoms with Crippen LogP contribution in [0.15, 0.2) is 77.2 Å². The van der Waals surface area contributed by atoms with Gasteiger partial charge in [-0.3, -0.25) is 4.79 Å². The number of hydrogen-bond donors (Lipinski definition) is 0. The molecule has 0 amide bonds. The van der Waals surface area contributed by atoms with E-state index in [1.54, 1.807) is 13.2 Å². The minimum absolute atomic E-state index is 0.475. The van der Waals surface area contributed by atoms with Crippen molar-refractivity contribution in [3.05, 3.63) is 78.4 Å². The number of fused-ring (bicyclic) bond motifs is 1. The monoisotopic (exact) mass is 328 g/mol. The van der Waals surface area contributed by atoms with E-state index in [1.165, 1.54) is 0 Å². The Kier molecular flexibility index (Phi) is 3.82. The largest absolute Gasteiger partial charge is 0.496 e. The first-order chi connectivity index (χ1) is 12.3. The first kappa shape index (κ1) is 15.2. The third-order valence-corrected chi connectivity index (χ3v) is 4.27. The number of aldehydes is 1. The fraction of sp³-hybridized carbons (Fsp3) is 0.0455. The molecule has 0 aliphatic heterocycles. The molecule has 1 aromatic heterocycles. The van der Waals surface area contributed by atoms with Crippen molar-refractivity contribution in [3.8, 4) is 28.2 Å². The van der Waals surface area contributed by atoms with E-state index < -0.39 is 0 Å². The maximum Gasteiger partial charge on any atom is 0.153 e. The van der Waals surface area contributed by atoms with E-state index in [0.717, 1.165) is 34.1 Å². The van der Waals surface area contributed by atoms with Crippen LogP contribution in [-0.4, -0.2) is 13.4 Å². The molecule has 0 aliphatic carbocycles. The van der Waals surface area contributed by atoms with E-state index in [1.807, 2.05) is 54.6 Å². The van der Waals surface area contributed by atoms with Crippen LogP contribution in [-0.2, 0) is 0 Å². The van der Waals surface area contributed by atoms with Gasteiger partial charge in [0.05, 0.1) is 12.7 Å². The summed E-state index contributed by atoms with van der Waals surface area (Å²) in [5.41, 5.74) is 4.19. The van der Waals surface area contributed by atoms with Gasteiger partial charge in [0, 0.05) is 16.5 Å². The minimum Gasteiger partial charge on any atom is -0.496 e. The second kappa shape index (κ2) is 6.29. The fourth-order valence-electron chi connectivity index (χ4n) is 3.09. The van der Waals surface area contributed by atoms with Gasteiger partial charge in [-0.1, -0.05) is 60.7 Å². The number of rotatable bonds is 4. The van der Waals surface area contributed by atoms with Crippen molar-refractivity contribution in [2.45, 2.75) is 0 Å². The molecular weight excluding hydrogens is 312 g/mol. The van der Waals surface area contributed by atoms with Gasteiger partial charge >= 0.3 is 0 Å². The molecular formula is C22H16O3. The van der Waals surface area contributed by atoms with E-state index in [-0.39, 0.29) is 0 Å². The summed E-state index contributed by atoms with van der Waals surface area (Å²) in [5.74, 6) is 1.33. The summed E-state index contributed by atoms with van der Waals surface area (Å²) in [5, 5.41) is 0.924. The van der Waals surface area contributed by atoms with Crippen LogP contribution >= 0.6 is 0 Å². The third-order valence-electron chi connectivity index (χ3n) is 4.27. The van der Waals surface area contributed by atoms with Gasteiger partial charge in [-0.25, -0.2) is 0 Å². The molecule has 0 atom stereocenters. The van der Waals surface area contributed by atoms with Crippen LogP contribution in [0, 0.1) is 0 Å². The summed E-state index contributed by atoms with van der Waals surface area (Å²) >= 11 is 0. The van der Waals surface area contributed by atoms with Crippen molar-refractivity contribution in [3.63, 3.8) is 0 Å². The highest BCUT2D eigenvalue weighted by Crippen LogP contribution is 2.42. The molecule has 3 nitrogen and oxygen atoms in total. The summed E-state index contributed by atoms with van der Waals surface area (Å²) in [7, 11) is 1.56. The average molecular weight is 328 g/mol. The molecule has 0 N–H and O–H groups in total. The van der Waals surface area contributed by atoms with Crippen LogP contribution in [0.4, 0.5) is 0 Å². The van der Waals surface area contributed by atoms with Gasteiger partial charge < -0.3 is 9.15 Å². The number of hydrogen-bond acceptors (Lipinski definition) is 3. The number of benzene rings is 3. The Hall–Kier alpha value is -3.33. The van der Waals surface area contributed by atoms with Gasteiger partial charge in [0.1, 0.15) is 17.1 Å². The molecule has 25 heavy (non-hydrogen) atoms. The third kappa shape index (κ3) is 2.60. The van der Waals surface area contributed by atoms with Crippen LogP contribution < -0.4 is 4.74 Å². The molecule has 4 rings (SSSR count). The first-order valence-electron chi connectivity index (χ1n) is 8.02. The second-order valence-corrected chi connectivity index (χ2v) is 5.75. The van der Waals surface area contributed by atoms with E-state index in [4.69, 9.17) is 9.15 Å². The molecule has 0 radical (unpaired) electrons. The van der Waals surface area contributed by atoms with Crippen molar-refractivity contribution < 1.29 is 13.9 Å². The molecule has 0 fully saturated rings. The van der Waals surface area contributed by atoms with Crippen molar-refractivity contribution in [2.75, 3.05) is 7.11 Å². The van der Waals surface area contributed by atoms with Crippen LogP contribution in [0.25, 0.3) is 33.4 Å². The Morgan fingerprint density at radius 2 is 1.52 bits per heavy atom. The molecule has 4 aromatic rings. The zero-order valence-electron chi connectivity index (χ0n) is 13.7. The molecule has 0 saturated carbocycles. The van der Waals surface area contributed by atoms with Crippen LogP contribution in [0.2, 0.25) is 0 Å². The molecule has 0 bridgehead atoms. The van der Waals surface area contributed by atoms with Gasteiger partial charge in [-0.15, -0.1) is 0 Å². The van der Waals surface area contributed by atoms with E-state index in [2.05, 4.69) is 12.1 Å². The predicted octanol–water partition coefficient (Wildman–Crippen LogP) is 5.59. The van der Waals surface area contributed by atoms with Gasteiger partial charge in [0.15, 0.2) is 6.29 Å². The first-order valence-corrected chi connectivity index (χ1v) is 8.02. The average Bonchev–Trinajstić information content (AvgIpc) is 3.06. The lowest BCUT2D eigenvalue weighted by Crippen LogP contribution is -1.90. The Morgan fingerprint density at radius 1 is 0.880 bits per heavy atom. The van der Waals surface area contributed by atoms with E-state index in [0.29, 0.717) is 16.9 Å². The highest BCUT2D eigenvalue weighted by Gasteiger charge is 2.19. The van der Waals surface area contributed by atoms with Gasteiger partial charge in [-0.2, -0.15) is 0 Å². The summed E-state index contributed by atoms with van der Waals surface area (Å²) in [6.07, 6.45) is 0.783. The maximum atomic E-state index is 11.3. The molecule has 0 unspecified atom stereocenters. The number of ether oxygens (including phenoxy) is 1. The number of carbonyl (C=O) groups excluding carboxylic acids is 1. The van der Waals surface area contributed by atoms with Gasteiger partial charge in [-0.05, 0) is 17.7 Å². The van der Waals surface area contributed by atoms with Crippen molar-refractivity contribution in [1.29, 1.82) is 0 Å². The van der Waals surface area contributed by atoms with Crippen molar-refractivity contribution >= 4 is 17.3 Å². The number of furan rings is 1. The topological polar surface area (TPSA) is 39.4 Å². The lowest BCUT2D eigenvalue weighted by Gasteiger charge is -2.05. The molecule has 0 saturated heterocycles. The Labute approximate surface area is 145 Å². The zero-order chi connectivity index (χ0) is 17.2. The SMILES string of the molecule is COc1cc2c(-c3ccccc3)c(-c3ccccc3)oc2cc1C=O. The fourth-order valence-corrected chi connectivity index (χ4v) is 3.09. The van der Waals surface area contributed by atoms with Crippen LogP contribution in [0.1, 0.15) is 10.4 Å². The summed E-state index contributed by atoms with van der Waals surface area (Å²) < 4.78 is 11.5. The molecule has 0 spiro atoms. The highest BCUT2D eigenvalue weighted by atomic mass is 16.5. The number of carbonyl (C=O) groups is 1. The normalized spacial score (nSPS) is 10.8. The smallest absolute Gasteiger partial charge is 0.153 e. The van der Waals surface area contributed by atoms with Crippen molar-refractivity contribution in [1.82, 2.24) is 0 Å². The van der Waals surface area contributed by atoms with Crippen LogP contribution in [0.5, 0.6) is 5.75 Å². The minimum atomic E-state index is 0.475. The lowest BCUT2D eigenvalue weighted by molar-refractivity contribution is 0.112. The Morgan fingerprint density at radius 3 is 2.12 bits per heavy atom. The van der Waals surface area contributed by atoms with E-state index in [9.17, 15) is 4.79 Å². The summed E-state index contributed by atoms with van der Waals surface area (Å²) in [6, 6.07) is 23.7. The van der Waals surface area contributed by atoms with Crippen molar-refractivity contribution in [2.24, 2.45) is 0 Å². The second-order valence-electron chi connectivity index (χ2n) is 5.75. The van der Waals surface area contributed by atoms with Gasteiger partial charge in [0.25, 0.3) is 0 Å². The number of methoxy groups -OCH3 is 1. The molecule has 0 aliphatic rings. The highest BCUT2D eigenvalue weighted by molar-refractivity contribution is 6.04. The molecule has 3 aromatic carbocycles. The standard InChI is InChI=1S/C22H16O3/c1-24-19-13-18-20(12-17(19)14-23)25-22(16-10-6-3-7-11-16)21(18)15-8-4-2-5-9-15/h2-14H,1H3. The van der Waals surface area contributed by atoms with E-state index >= 15 is 0 Å². The summed E-state index contributed by atoms with van der Waals surface area (Å²) in [6.45, 7) is 0. The molecule has 122 valence electrons. The van der Waals surface area contributed by atoms with Gasteiger partial charge in [0.2, 0.25) is 0 Å². The molecule has 1 heterocycles. The molecule has 3 heteroatoms. The Bertz CT molecular complexity index is 1030. The van der Waals surface area contributed by atoms with Crippen LogP contribution in [0.3, 0.4) is 0 Å². The zero-order valence-corrected chi connectivity index (χ0v) is 13.7. The predicted molar refractivity (Wildman–Crippen MR) is 99.0 cm³/mol. The Balaban J connectivity index is 2.09. The summed E-state index contributed by atoms with van der Waals surface area (Å²) in [4.78, 5) is 11.3.